The van der Waals surface area contributed by atoms with Crippen LogP contribution in [0.15, 0.2) is 12.2 Å². The highest BCUT2D eigenvalue weighted by atomic mass is 16.7. The number of ketones is 1. The van der Waals surface area contributed by atoms with E-state index in [2.05, 4.69) is 0 Å². The fraction of sp³-hybridized carbons (Fsp3) is 0.700. The zero-order valence-electron chi connectivity index (χ0n) is 7.79. The standard InChI is InChI=1S/C10H14O3/c1-8-9(11)4-6-10(13-8)5-2-3-7-12-10/h4,6,8H,2-3,5,7H2,1H3. The van der Waals surface area contributed by atoms with Crippen LogP contribution in [0.3, 0.4) is 0 Å². The van der Waals surface area contributed by atoms with Crippen LogP contribution >= 0.6 is 0 Å². The van der Waals surface area contributed by atoms with E-state index in [0.717, 1.165) is 25.9 Å². The molecule has 0 amide bonds. The molecule has 1 fully saturated rings. The van der Waals surface area contributed by atoms with Crippen molar-refractivity contribution >= 4 is 5.78 Å². The van der Waals surface area contributed by atoms with Crippen molar-refractivity contribution in [2.24, 2.45) is 0 Å². The molecule has 1 spiro atoms. The molecule has 0 aromatic carbocycles. The van der Waals surface area contributed by atoms with Gasteiger partial charge in [0.2, 0.25) is 0 Å². The summed E-state index contributed by atoms with van der Waals surface area (Å²) in [4.78, 5) is 11.2. The quantitative estimate of drug-likeness (QED) is 0.568. The number of hydrogen-bond acceptors (Lipinski definition) is 3. The lowest BCUT2D eigenvalue weighted by molar-refractivity contribution is -0.242. The minimum atomic E-state index is -0.592. The molecule has 0 aromatic heterocycles. The van der Waals surface area contributed by atoms with Crippen molar-refractivity contribution < 1.29 is 14.3 Å². The lowest BCUT2D eigenvalue weighted by atomic mass is 10.0. The molecular formula is C10H14O3. The summed E-state index contributed by atoms with van der Waals surface area (Å²) < 4.78 is 11.1. The summed E-state index contributed by atoms with van der Waals surface area (Å²) in [6.45, 7) is 2.50. The second-order valence-electron chi connectivity index (χ2n) is 3.61. The average molecular weight is 182 g/mol. The van der Waals surface area contributed by atoms with Crippen LogP contribution in [0.1, 0.15) is 26.2 Å². The Kier molecular flexibility index (Phi) is 2.22. The van der Waals surface area contributed by atoms with Crippen molar-refractivity contribution in [2.45, 2.75) is 38.1 Å². The molecule has 2 atom stereocenters. The fourth-order valence-corrected chi connectivity index (χ4v) is 1.76. The van der Waals surface area contributed by atoms with Crippen LogP contribution < -0.4 is 0 Å². The van der Waals surface area contributed by atoms with Crippen LogP contribution in [0.2, 0.25) is 0 Å². The number of ether oxygens (including phenoxy) is 2. The molecule has 2 unspecified atom stereocenters. The van der Waals surface area contributed by atoms with Gasteiger partial charge in [0.1, 0.15) is 6.10 Å². The van der Waals surface area contributed by atoms with Crippen LogP contribution in [0.25, 0.3) is 0 Å². The maximum absolute atomic E-state index is 11.2. The third-order valence-electron chi connectivity index (χ3n) is 2.54. The van der Waals surface area contributed by atoms with E-state index < -0.39 is 5.79 Å². The van der Waals surface area contributed by atoms with E-state index >= 15 is 0 Å². The lowest BCUT2D eigenvalue weighted by Gasteiger charge is -2.38. The smallest absolute Gasteiger partial charge is 0.189 e. The SMILES string of the molecule is CC1OC2(C=CC1=O)CCCCO2. The Bertz CT molecular complexity index is 239. The first kappa shape index (κ1) is 8.91. The highest BCUT2D eigenvalue weighted by Gasteiger charge is 2.37. The van der Waals surface area contributed by atoms with Gasteiger partial charge in [0.15, 0.2) is 11.6 Å². The predicted octanol–water partition coefficient (Wildman–Crippen LogP) is 1.43. The van der Waals surface area contributed by atoms with Crippen LogP contribution in [-0.2, 0) is 14.3 Å². The van der Waals surface area contributed by atoms with Gasteiger partial charge in [-0.1, -0.05) is 0 Å². The second-order valence-corrected chi connectivity index (χ2v) is 3.61. The number of carbonyl (C=O) groups excluding carboxylic acids is 1. The van der Waals surface area contributed by atoms with Gasteiger partial charge in [0.25, 0.3) is 0 Å². The average Bonchev–Trinajstić information content (AvgIpc) is 2.14. The first-order chi connectivity index (χ1) is 6.22. The van der Waals surface area contributed by atoms with Crippen molar-refractivity contribution in [1.82, 2.24) is 0 Å². The highest BCUT2D eigenvalue weighted by Crippen LogP contribution is 2.31. The summed E-state index contributed by atoms with van der Waals surface area (Å²) >= 11 is 0. The Morgan fingerprint density at radius 2 is 2.38 bits per heavy atom. The first-order valence-corrected chi connectivity index (χ1v) is 4.77. The van der Waals surface area contributed by atoms with E-state index in [1.807, 2.05) is 0 Å². The molecular weight excluding hydrogens is 168 g/mol. The molecule has 2 aliphatic rings. The Labute approximate surface area is 77.7 Å². The van der Waals surface area contributed by atoms with E-state index in [1.54, 1.807) is 19.1 Å². The highest BCUT2D eigenvalue weighted by molar-refractivity contribution is 5.94. The van der Waals surface area contributed by atoms with Gasteiger partial charge in [-0.3, -0.25) is 4.79 Å². The van der Waals surface area contributed by atoms with E-state index in [-0.39, 0.29) is 11.9 Å². The molecule has 0 aromatic rings. The Morgan fingerprint density at radius 3 is 3.00 bits per heavy atom. The lowest BCUT2D eigenvalue weighted by Crippen LogP contribution is -2.44. The van der Waals surface area contributed by atoms with Gasteiger partial charge in [0, 0.05) is 6.42 Å². The third-order valence-corrected chi connectivity index (χ3v) is 2.54. The largest absolute Gasteiger partial charge is 0.346 e. The molecule has 1 saturated heterocycles. The van der Waals surface area contributed by atoms with Gasteiger partial charge in [-0.25, -0.2) is 0 Å². The van der Waals surface area contributed by atoms with E-state index in [1.165, 1.54) is 0 Å². The van der Waals surface area contributed by atoms with E-state index in [0.29, 0.717) is 0 Å². The minimum Gasteiger partial charge on any atom is -0.346 e. The molecule has 0 saturated carbocycles. The van der Waals surface area contributed by atoms with Gasteiger partial charge < -0.3 is 9.47 Å². The van der Waals surface area contributed by atoms with Crippen LogP contribution in [0, 0.1) is 0 Å². The monoisotopic (exact) mass is 182 g/mol. The van der Waals surface area contributed by atoms with Crippen LogP contribution in [-0.4, -0.2) is 24.3 Å². The zero-order chi connectivity index (χ0) is 9.31. The number of hydrogen-bond donors (Lipinski definition) is 0. The fourth-order valence-electron chi connectivity index (χ4n) is 1.76. The van der Waals surface area contributed by atoms with Crippen molar-refractivity contribution in [2.75, 3.05) is 6.61 Å². The van der Waals surface area contributed by atoms with Gasteiger partial charge in [-0.15, -0.1) is 0 Å². The van der Waals surface area contributed by atoms with Gasteiger partial charge in [-0.05, 0) is 31.9 Å². The second kappa shape index (κ2) is 3.24. The molecule has 72 valence electrons. The van der Waals surface area contributed by atoms with Crippen molar-refractivity contribution in [1.29, 1.82) is 0 Å². The maximum Gasteiger partial charge on any atom is 0.189 e. The molecule has 3 heteroatoms. The molecule has 0 aliphatic carbocycles. The summed E-state index contributed by atoms with van der Waals surface area (Å²) in [6, 6.07) is 0. The predicted molar refractivity (Wildman–Crippen MR) is 47.2 cm³/mol. The number of carbonyl (C=O) groups is 1. The van der Waals surface area contributed by atoms with Crippen LogP contribution in [0.5, 0.6) is 0 Å². The summed E-state index contributed by atoms with van der Waals surface area (Å²) in [5.41, 5.74) is 0. The Balaban J connectivity index is 2.15. The van der Waals surface area contributed by atoms with E-state index in [4.69, 9.17) is 9.47 Å². The number of rotatable bonds is 0. The minimum absolute atomic E-state index is 0.0276. The molecule has 3 nitrogen and oxygen atoms in total. The first-order valence-electron chi connectivity index (χ1n) is 4.77. The molecule has 2 heterocycles. The summed E-state index contributed by atoms with van der Waals surface area (Å²) in [6.07, 6.45) is 6.03. The van der Waals surface area contributed by atoms with Crippen LogP contribution in [0.4, 0.5) is 0 Å². The molecule has 2 rings (SSSR count). The molecule has 0 radical (unpaired) electrons. The maximum atomic E-state index is 11.2. The molecule has 2 aliphatic heterocycles. The molecule has 13 heavy (non-hydrogen) atoms. The van der Waals surface area contributed by atoms with Gasteiger partial charge in [-0.2, -0.15) is 0 Å². The van der Waals surface area contributed by atoms with Crippen molar-refractivity contribution in [3.8, 4) is 0 Å². The van der Waals surface area contributed by atoms with Crippen molar-refractivity contribution in [3.05, 3.63) is 12.2 Å². The summed E-state index contributed by atoms with van der Waals surface area (Å²) in [7, 11) is 0. The summed E-state index contributed by atoms with van der Waals surface area (Å²) in [5, 5.41) is 0. The van der Waals surface area contributed by atoms with Gasteiger partial charge >= 0.3 is 0 Å². The normalized spacial score (nSPS) is 39.8. The third kappa shape index (κ3) is 1.67. The van der Waals surface area contributed by atoms with E-state index in [9.17, 15) is 4.79 Å². The molecule has 0 N–H and O–H groups in total. The van der Waals surface area contributed by atoms with Crippen molar-refractivity contribution in [3.63, 3.8) is 0 Å². The molecule has 0 bridgehead atoms. The summed E-state index contributed by atoms with van der Waals surface area (Å²) in [5.74, 6) is -0.564. The topological polar surface area (TPSA) is 35.5 Å². The van der Waals surface area contributed by atoms with Gasteiger partial charge in [0.05, 0.1) is 6.61 Å². The Morgan fingerprint density at radius 1 is 1.54 bits per heavy atom. The Hall–Kier alpha value is -0.670. The zero-order valence-corrected chi connectivity index (χ0v) is 7.79.